The highest BCUT2D eigenvalue weighted by Gasteiger charge is 2.29. The molecule has 0 bridgehead atoms. The first-order valence-corrected chi connectivity index (χ1v) is 10.6. The molecule has 2 N–H and O–H groups in total. The van der Waals surface area contributed by atoms with Crippen LogP contribution in [-0.2, 0) is 14.8 Å². The molecule has 1 aromatic rings. The number of carbonyl (C=O) groups is 1. The molecule has 0 saturated carbocycles. The van der Waals surface area contributed by atoms with Crippen molar-refractivity contribution >= 4 is 27.3 Å². The van der Waals surface area contributed by atoms with Gasteiger partial charge in [-0.05, 0) is 30.2 Å². The molecule has 0 aliphatic carbocycles. The number of hydrogen-bond acceptors (Lipinski definition) is 6. The second kappa shape index (κ2) is 7.49. The number of nitrogens with two attached hydrogens (primary N) is 1. The number of hydrogen-bond donors (Lipinski definition) is 1. The Balaban J connectivity index is 1.56. The van der Waals surface area contributed by atoms with E-state index in [1.54, 1.807) is 10.3 Å². The average Bonchev–Trinajstić information content (AvgIpc) is 3.06. The van der Waals surface area contributed by atoms with Crippen molar-refractivity contribution in [2.45, 2.75) is 17.7 Å². The Labute approximate surface area is 146 Å². The van der Waals surface area contributed by atoms with Crippen molar-refractivity contribution in [3.8, 4) is 0 Å². The fourth-order valence-corrected chi connectivity index (χ4v) is 5.23. The zero-order valence-electron chi connectivity index (χ0n) is 13.5. The van der Waals surface area contributed by atoms with Gasteiger partial charge in [-0.15, -0.1) is 11.3 Å². The van der Waals surface area contributed by atoms with Crippen molar-refractivity contribution < 1.29 is 17.9 Å². The molecule has 3 rings (SSSR count). The molecule has 1 amide bonds. The molecular formula is C15H23N3O4S2. The fraction of sp³-hybridized carbons (Fsp3) is 0.667. The molecule has 24 heavy (non-hydrogen) atoms. The minimum absolute atomic E-state index is 0.0621. The highest BCUT2D eigenvalue weighted by atomic mass is 32.2. The SMILES string of the molecule is NS(=O)(=O)c1ccsc1C(=O)N1CCC(CN2CCOCC2)CC1. The van der Waals surface area contributed by atoms with Gasteiger partial charge >= 0.3 is 0 Å². The van der Waals surface area contributed by atoms with Gasteiger partial charge in [-0.3, -0.25) is 9.69 Å². The first-order chi connectivity index (χ1) is 11.4. The lowest BCUT2D eigenvalue weighted by molar-refractivity contribution is 0.0243. The smallest absolute Gasteiger partial charge is 0.265 e. The summed E-state index contributed by atoms with van der Waals surface area (Å²) in [6.45, 7) is 5.93. The van der Waals surface area contributed by atoms with E-state index in [0.29, 0.717) is 19.0 Å². The highest BCUT2D eigenvalue weighted by Crippen LogP contribution is 2.26. The standard InChI is InChI=1S/C15H23N3O4S2/c16-24(20,21)13-3-10-23-14(13)15(19)18-4-1-12(2-5-18)11-17-6-8-22-9-7-17/h3,10,12H,1-2,4-9,11H2,(H2,16,20,21). The summed E-state index contributed by atoms with van der Waals surface area (Å²) in [6, 6.07) is 1.40. The second-order valence-electron chi connectivity index (χ2n) is 6.31. The van der Waals surface area contributed by atoms with Crippen LogP contribution in [0.1, 0.15) is 22.5 Å². The molecule has 0 aromatic carbocycles. The molecule has 9 heteroatoms. The van der Waals surface area contributed by atoms with Crippen LogP contribution in [0.5, 0.6) is 0 Å². The van der Waals surface area contributed by atoms with E-state index in [2.05, 4.69) is 4.90 Å². The van der Waals surface area contributed by atoms with E-state index in [1.165, 1.54) is 6.07 Å². The lowest BCUT2D eigenvalue weighted by Gasteiger charge is -2.36. The van der Waals surface area contributed by atoms with Crippen LogP contribution in [0, 0.1) is 5.92 Å². The second-order valence-corrected chi connectivity index (χ2v) is 8.75. The summed E-state index contributed by atoms with van der Waals surface area (Å²) in [5, 5.41) is 6.78. The number of likely N-dealkylation sites (tertiary alicyclic amines) is 1. The maximum Gasteiger partial charge on any atom is 0.265 e. The number of primary sulfonamides is 1. The van der Waals surface area contributed by atoms with E-state index >= 15 is 0 Å². The molecule has 2 saturated heterocycles. The van der Waals surface area contributed by atoms with Gasteiger partial charge in [-0.1, -0.05) is 0 Å². The molecule has 0 atom stereocenters. The molecule has 2 aliphatic rings. The summed E-state index contributed by atoms with van der Waals surface area (Å²) >= 11 is 1.13. The van der Waals surface area contributed by atoms with Gasteiger partial charge in [0.15, 0.2) is 0 Å². The Morgan fingerprint density at radius 1 is 1.25 bits per heavy atom. The predicted octanol–water partition coefficient (Wildman–Crippen LogP) is 0.580. The van der Waals surface area contributed by atoms with Gasteiger partial charge in [0.05, 0.1) is 13.2 Å². The number of nitrogens with zero attached hydrogens (tertiary/aromatic N) is 2. The zero-order chi connectivity index (χ0) is 17.2. The van der Waals surface area contributed by atoms with Crippen LogP contribution in [0.15, 0.2) is 16.3 Å². The van der Waals surface area contributed by atoms with Crippen LogP contribution >= 0.6 is 11.3 Å². The molecule has 2 aliphatic heterocycles. The Morgan fingerprint density at radius 2 is 1.92 bits per heavy atom. The molecule has 134 valence electrons. The summed E-state index contributed by atoms with van der Waals surface area (Å²) < 4.78 is 28.5. The number of rotatable bonds is 4. The van der Waals surface area contributed by atoms with E-state index in [-0.39, 0.29) is 15.7 Å². The van der Waals surface area contributed by atoms with Gasteiger partial charge in [-0.25, -0.2) is 13.6 Å². The molecule has 1 aromatic heterocycles. The van der Waals surface area contributed by atoms with E-state index in [4.69, 9.17) is 9.88 Å². The highest BCUT2D eigenvalue weighted by molar-refractivity contribution is 7.89. The molecular weight excluding hydrogens is 350 g/mol. The molecule has 3 heterocycles. The van der Waals surface area contributed by atoms with Crippen molar-refractivity contribution in [2.24, 2.45) is 11.1 Å². The molecule has 0 spiro atoms. The summed E-state index contributed by atoms with van der Waals surface area (Å²) in [5.74, 6) is 0.354. The van der Waals surface area contributed by atoms with Crippen molar-refractivity contribution in [3.05, 3.63) is 16.3 Å². The Morgan fingerprint density at radius 3 is 2.54 bits per heavy atom. The molecule has 7 nitrogen and oxygen atoms in total. The number of carbonyl (C=O) groups excluding carboxylic acids is 1. The van der Waals surface area contributed by atoms with Crippen molar-refractivity contribution in [2.75, 3.05) is 45.9 Å². The van der Waals surface area contributed by atoms with Crippen molar-refractivity contribution in [1.82, 2.24) is 9.80 Å². The van der Waals surface area contributed by atoms with Crippen LogP contribution in [0.2, 0.25) is 0 Å². The van der Waals surface area contributed by atoms with Gasteiger partial charge in [0.1, 0.15) is 9.77 Å². The largest absolute Gasteiger partial charge is 0.379 e. The maximum absolute atomic E-state index is 12.6. The van der Waals surface area contributed by atoms with Crippen molar-refractivity contribution in [1.29, 1.82) is 0 Å². The average molecular weight is 374 g/mol. The molecule has 2 fully saturated rings. The summed E-state index contributed by atoms with van der Waals surface area (Å²) in [5.41, 5.74) is 0. The normalized spacial score (nSPS) is 21.1. The van der Waals surface area contributed by atoms with Crippen LogP contribution in [0.25, 0.3) is 0 Å². The number of ether oxygens (including phenoxy) is 1. The molecule has 0 radical (unpaired) electrons. The Kier molecular flexibility index (Phi) is 5.56. The van der Waals surface area contributed by atoms with Gasteiger partial charge < -0.3 is 9.64 Å². The van der Waals surface area contributed by atoms with Crippen LogP contribution in [0.4, 0.5) is 0 Å². The van der Waals surface area contributed by atoms with Gasteiger partial charge in [0.25, 0.3) is 5.91 Å². The third-order valence-corrected chi connectivity index (χ3v) is 6.64. The van der Waals surface area contributed by atoms with Crippen molar-refractivity contribution in [3.63, 3.8) is 0 Å². The summed E-state index contributed by atoms with van der Waals surface area (Å²) in [4.78, 5) is 16.9. The number of amides is 1. The minimum atomic E-state index is -3.86. The van der Waals surface area contributed by atoms with E-state index in [1.807, 2.05) is 0 Å². The summed E-state index contributed by atoms with van der Waals surface area (Å²) in [6.07, 6.45) is 1.89. The monoisotopic (exact) mass is 373 g/mol. The van der Waals surface area contributed by atoms with E-state index < -0.39 is 10.0 Å². The van der Waals surface area contributed by atoms with Crippen LogP contribution < -0.4 is 5.14 Å². The first kappa shape index (κ1) is 17.8. The number of sulfonamides is 1. The quantitative estimate of drug-likeness (QED) is 0.833. The zero-order valence-corrected chi connectivity index (χ0v) is 15.2. The molecule has 0 unspecified atom stereocenters. The number of piperidine rings is 1. The number of thiophene rings is 1. The maximum atomic E-state index is 12.6. The third kappa shape index (κ3) is 4.15. The predicted molar refractivity (Wildman–Crippen MR) is 91.6 cm³/mol. The first-order valence-electron chi connectivity index (χ1n) is 8.15. The van der Waals surface area contributed by atoms with E-state index in [0.717, 1.165) is 57.0 Å². The Hall–Kier alpha value is -1.00. The van der Waals surface area contributed by atoms with E-state index in [9.17, 15) is 13.2 Å². The fourth-order valence-electron chi connectivity index (χ4n) is 3.29. The minimum Gasteiger partial charge on any atom is -0.379 e. The van der Waals surface area contributed by atoms with Gasteiger partial charge in [-0.2, -0.15) is 0 Å². The lowest BCUT2D eigenvalue weighted by atomic mass is 9.96. The third-order valence-electron chi connectivity index (χ3n) is 4.65. The number of morpholine rings is 1. The van der Waals surface area contributed by atoms with Gasteiger partial charge in [0, 0.05) is 32.7 Å². The topological polar surface area (TPSA) is 92.9 Å². The Bertz CT molecular complexity index is 675. The van der Waals surface area contributed by atoms with Gasteiger partial charge in [0.2, 0.25) is 10.0 Å². The van der Waals surface area contributed by atoms with Crippen LogP contribution in [0.3, 0.4) is 0 Å². The summed E-state index contributed by atoms with van der Waals surface area (Å²) in [7, 11) is -3.86. The lowest BCUT2D eigenvalue weighted by Crippen LogP contribution is -2.44. The van der Waals surface area contributed by atoms with Crippen LogP contribution in [-0.4, -0.2) is 70.1 Å².